The molecule has 0 radical (unpaired) electrons. The zero-order chi connectivity index (χ0) is 19.0. The Bertz CT molecular complexity index is 722. The third-order valence-corrected chi connectivity index (χ3v) is 4.09. The summed E-state index contributed by atoms with van der Waals surface area (Å²) in [5, 5.41) is 5.81. The third kappa shape index (κ3) is 5.46. The summed E-state index contributed by atoms with van der Waals surface area (Å²) in [6.45, 7) is 7.65. The molecule has 6 heteroatoms. The van der Waals surface area contributed by atoms with Crippen LogP contribution in [0.25, 0.3) is 5.70 Å². The fraction of sp³-hybridized carbons (Fsp3) is 0.368. The minimum absolute atomic E-state index is 0.606. The second kappa shape index (κ2) is 9.64. The van der Waals surface area contributed by atoms with E-state index in [0.717, 1.165) is 41.7 Å². The summed E-state index contributed by atoms with van der Waals surface area (Å²) in [6.07, 6.45) is 12.6. The number of hydrazine groups is 1. The standard InChI is InChI=1S/C17H25N5.C2H4O/c1-5-14-7-6-12(2)17(9-8-14)22(19)11-16(18)15-10-20-21(4)13(15)3;1-2-3/h6-7,9-11H,5,8,18-19H2,1-4H3;2H,1H3/b16-11-;. The lowest BCUT2D eigenvalue weighted by atomic mass is 10.1. The van der Waals surface area contributed by atoms with Crippen LogP contribution in [0.1, 0.15) is 44.9 Å². The van der Waals surface area contributed by atoms with Gasteiger partial charge in [-0.25, -0.2) is 5.84 Å². The van der Waals surface area contributed by atoms with Crippen molar-refractivity contribution in [1.29, 1.82) is 0 Å². The van der Waals surface area contributed by atoms with Crippen LogP contribution in [0.5, 0.6) is 0 Å². The van der Waals surface area contributed by atoms with Crippen molar-refractivity contribution in [2.75, 3.05) is 0 Å². The molecule has 136 valence electrons. The van der Waals surface area contributed by atoms with Crippen LogP contribution in [0.2, 0.25) is 0 Å². The predicted molar refractivity (Wildman–Crippen MR) is 103 cm³/mol. The number of allylic oxidation sites excluding steroid dienone is 5. The van der Waals surface area contributed by atoms with Crippen LogP contribution in [0.15, 0.2) is 47.5 Å². The van der Waals surface area contributed by atoms with E-state index in [9.17, 15) is 0 Å². The van der Waals surface area contributed by atoms with Gasteiger partial charge in [-0.3, -0.25) is 9.69 Å². The summed E-state index contributed by atoms with van der Waals surface area (Å²) < 4.78 is 1.80. The molecule has 1 aromatic rings. The number of hydrogen-bond donors (Lipinski definition) is 2. The molecule has 0 aromatic carbocycles. The van der Waals surface area contributed by atoms with Gasteiger partial charge in [0.2, 0.25) is 0 Å². The minimum atomic E-state index is 0.606. The molecule has 1 aromatic heterocycles. The van der Waals surface area contributed by atoms with Crippen LogP contribution in [0, 0.1) is 6.92 Å². The molecule has 0 unspecified atom stereocenters. The Morgan fingerprint density at radius 1 is 1.40 bits per heavy atom. The number of nitrogens with two attached hydrogens (primary N) is 2. The van der Waals surface area contributed by atoms with Crippen LogP contribution in [-0.4, -0.2) is 21.1 Å². The summed E-state index contributed by atoms with van der Waals surface area (Å²) in [7, 11) is 1.89. The Morgan fingerprint density at radius 3 is 2.56 bits per heavy atom. The fourth-order valence-electron chi connectivity index (χ4n) is 2.43. The molecule has 0 bridgehead atoms. The van der Waals surface area contributed by atoms with Crippen molar-refractivity contribution in [3.05, 3.63) is 58.7 Å². The van der Waals surface area contributed by atoms with Gasteiger partial charge in [-0.05, 0) is 39.2 Å². The van der Waals surface area contributed by atoms with Crippen molar-refractivity contribution in [2.45, 2.75) is 40.5 Å². The highest BCUT2D eigenvalue weighted by molar-refractivity contribution is 5.64. The van der Waals surface area contributed by atoms with E-state index < -0.39 is 0 Å². The second-order valence-corrected chi connectivity index (χ2v) is 5.82. The molecule has 25 heavy (non-hydrogen) atoms. The quantitative estimate of drug-likeness (QED) is 0.498. The Morgan fingerprint density at radius 2 is 2.04 bits per heavy atom. The molecule has 1 aliphatic carbocycles. The van der Waals surface area contributed by atoms with E-state index in [4.69, 9.17) is 16.4 Å². The van der Waals surface area contributed by atoms with Crippen molar-refractivity contribution in [3.63, 3.8) is 0 Å². The molecule has 0 saturated heterocycles. The Kier molecular flexibility index (Phi) is 7.88. The summed E-state index contributed by atoms with van der Waals surface area (Å²) in [4.78, 5) is 8.81. The minimum Gasteiger partial charge on any atom is -0.397 e. The first-order valence-corrected chi connectivity index (χ1v) is 8.32. The first-order chi connectivity index (χ1) is 11.8. The first-order valence-electron chi connectivity index (χ1n) is 8.32. The van der Waals surface area contributed by atoms with Gasteiger partial charge >= 0.3 is 0 Å². The van der Waals surface area contributed by atoms with Gasteiger partial charge in [-0.1, -0.05) is 30.7 Å². The van der Waals surface area contributed by atoms with E-state index in [1.54, 1.807) is 22.1 Å². The number of hydrogen-bond acceptors (Lipinski definition) is 5. The molecule has 0 atom stereocenters. The van der Waals surface area contributed by atoms with Gasteiger partial charge in [0.05, 0.1) is 17.6 Å². The number of rotatable bonds is 4. The van der Waals surface area contributed by atoms with Gasteiger partial charge in [0.15, 0.2) is 0 Å². The monoisotopic (exact) mass is 343 g/mol. The topological polar surface area (TPSA) is 90.2 Å². The lowest BCUT2D eigenvalue weighted by molar-refractivity contribution is -0.106. The van der Waals surface area contributed by atoms with Crippen LogP contribution in [-0.2, 0) is 11.8 Å². The number of aldehydes is 1. The third-order valence-electron chi connectivity index (χ3n) is 4.09. The largest absolute Gasteiger partial charge is 0.397 e. The molecule has 0 aliphatic heterocycles. The van der Waals surface area contributed by atoms with Gasteiger partial charge in [-0.15, -0.1) is 0 Å². The van der Waals surface area contributed by atoms with Crippen molar-refractivity contribution < 1.29 is 4.79 Å². The van der Waals surface area contributed by atoms with Gasteiger partial charge < -0.3 is 10.5 Å². The van der Waals surface area contributed by atoms with Crippen molar-refractivity contribution in [1.82, 2.24) is 14.8 Å². The summed E-state index contributed by atoms with van der Waals surface area (Å²) >= 11 is 0. The van der Waals surface area contributed by atoms with E-state index in [1.165, 1.54) is 12.5 Å². The average Bonchev–Trinajstić information content (AvgIpc) is 2.79. The summed E-state index contributed by atoms with van der Waals surface area (Å²) in [5.41, 5.74) is 12.2. The lowest BCUT2D eigenvalue weighted by Gasteiger charge is -2.19. The molecular weight excluding hydrogens is 314 g/mol. The number of aryl methyl sites for hydroxylation is 1. The maximum atomic E-state index is 8.81. The predicted octanol–water partition coefficient (Wildman–Crippen LogP) is 2.94. The lowest BCUT2D eigenvalue weighted by Crippen LogP contribution is -2.26. The maximum Gasteiger partial charge on any atom is 0.116 e. The highest BCUT2D eigenvalue weighted by Crippen LogP contribution is 2.22. The number of carbonyl (C=O) groups is 1. The molecule has 0 fully saturated rings. The van der Waals surface area contributed by atoms with E-state index in [0.29, 0.717) is 5.70 Å². The van der Waals surface area contributed by atoms with E-state index >= 15 is 0 Å². The molecule has 2 rings (SSSR count). The van der Waals surface area contributed by atoms with Crippen LogP contribution in [0.4, 0.5) is 0 Å². The van der Waals surface area contributed by atoms with Crippen LogP contribution < -0.4 is 11.6 Å². The molecule has 0 amide bonds. The Balaban J connectivity index is 0.000000970. The summed E-state index contributed by atoms with van der Waals surface area (Å²) in [6, 6.07) is 0. The second-order valence-electron chi connectivity index (χ2n) is 5.82. The van der Waals surface area contributed by atoms with Crippen molar-refractivity contribution in [2.24, 2.45) is 18.6 Å². The number of nitrogens with zero attached hydrogens (tertiary/aromatic N) is 3. The zero-order valence-corrected chi connectivity index (χ0v) is 15.8. The number of aromatic nitrogens is 2. The number of carbonyl (C=O) groups excluding carboxylic acids is 1. The Hall–Kier alpha value is -2.60. The highest BCUT2D eigenvalue weighted by atomic mass is 16.1. The first kappa shape index (κ1) is 20.4. The molecule has 0 spiro atoms. The van der Waals surface area contributed by atoms with Crippen LogP contribution in [0.3, 0.4) is 0 Å². The van der Waals surface area contributed by atoms with Gasteiger partial charge in [-0.2, -0.15) is 5.10 Å². The Labute approximate surface area is 150 Å². The van der Waals surface area contributed by atoms with Crippen LogP contribution >= 0.6 is 0 Å². The summed E-state index contributed by atoms with van der Waals surface area (Å²) in [5.74, 6) is 6.21. The van der Waals surface area contributed by atoms with Gasteiger partial charge in [0, 0.05) is 24.5 Å². The van der Waals surface area contributed by atoms with Gasteiger partial charge in [0.25, 0.3) is 0 Å². The average molecular weight is 343 g/mol. The highest BCUT2D eigenvalue weighted by Gasteiger charge is 2.11. The fourth-order valence-corrected chi connectivity index (χ4v) is 2.43. The van der Waals surface area contributed by atoms with E-state index in [1.807, 2.05) is 14.0 Å². The molecule has 0 saturated carbocycles. The maximum absolute atomic E-state index is 8.81. The van der Waals surface area contributed by atoms with Gasteiger partial charge in [0.1, 0.15) is 6.29 Å². The van der Waals surface area contributed by atoms with E-state index in [2.05, 4.69) is 37.2 Å². The molecular formula is C19H29N5O. The SMILES string of the molecule is CC=O.CCC1=CC=C(C)C(N(N)/C=C(\N)c2cnn(C)c2C)=CC1. The zero-order valence-electron chi connectivity index (χ0n) is 15.8. The van der Waals surface area contributed by atoms with E-state index in [-0.39, 0.29) is 0 Å². The van der Waals surface area contributed by atoms with Crippen molar-refractivity contribution >= 4 is 12.0 Å². The molecule has 4 N–H and O–H groups in total. The normalized spacial score (nSPS) is 14.5. The van der Waals surface area contributed by atoms with Crippen molar-refractivity contribution in [3.8, 4) is 0 Å². The molecule has 1 heterocycles. The molecule has 1 aliphatic rings. The smallest absolute Gasteiger partial charge is 0.116 e. The molecule has 6 nitrogen and oxygen atoms in total.